The number of amides is 1. The van der Waals surface area contributed by atoms with Crippen LogP contribution in [0.2, 0.25) is 0 Å². The van der Waals surface area contributed by atoms with Gasteiger partial charge in [-0.3, -0.25) is 14.4 Å². The van der Waals surface area contributed by atoms with Gasteiger partial charge in [0, 0.05) is 59.3 Å². The van der Waals surface area contributed by atoms with Crippen LogP contribution in [-0.2, 0) is 11.2 Å². The predicted molar refractivity (Wildman–Crippen MR) is 149 cm³/mol. The molecule has 38 heavy (non-hydrogen) atoms. The maximum Gasteiger partial charge on any atom is 0.255 e. The number of hydrogen-bond acceptors (Lipinski definition) is 4. The molecule has 2 aromatic heterocycles. The summed E-state index contributed by atoms with van der Waals surface area (Å²) in [5.41, 5.74) is 3.82. The first-order valence-electron chi connectivity index (χ1n) is 14.0. The highest BCUT2D eigenvalue weighted by Gasteiger charge is 2.34. The van der Waals surface area contributed by atoms with E-state index in [1.807, 2.05) is 32.0 Å². The Hall–Kier alpha value is -3.35. The first-order chi connectivity index (χ1) is 18.3. The number of aryl methyl sites for hydroxylation is 1. The molecule has 3 aromatic rings. The summed E-state index contributed by atoms with van der Waals surface area (Å²) in [6.07, 6.45) is 5.78. The third-order valence-electron chi connectivity index (χ3n) is 8.88. The average molecular weight is 518 g/mol. The molecule has 0 bridgehead atoms. The van der Waals surface area contributed by atoms with Crippen LogP contribution in [0.3, 0.4) is 0 Å². The van der Waals surface area contributed by atoms with Crippen LogP contribution >= 0.6 is 0 Å². The second kappa shape index (κ2) is 10.8. The van der Waals surface area contributed by atoms with E-state index in [9.17, 15) is 14.4 Å². The highest BCUT2D eigenvalue weighted by atomic mass is 16.5. The molecule has 7 nitrogen and oxygen atoms in total. The van der Waals surface area contributed by atoms with E-state index in [2.05, 4.69) is 27.4 Å². The fraction of sp³-hybridized carbons (Fsp3) is 0.516. The Balaban J connectivity index is 1.36. The monoisotopic (exact) mass is 517 g/mol. The lowest BCUT2D eigenvalue weighted by atomic mass is 9.83. The molecule has 1 atom stereocenters. The molecule has 1 N–H and O–H groups in total. The van der Waals surface area contributed by atoms with E-state index in [4.69, 9.17) is 4.74 Å². The SMILES string of the molecule is COc1cc(C)[nH]c(=O)c1CCC(=O)c1c(C)n([C@H](C)C2CCN(C(=O)C3CCC3)CC2)c2ccccc12. The number of pyridine rings is 1. The van der Waals surface area contributed by atoms with Crippen LogP contribution in [-0.4, -0.2) is 46.3 Å². The van der Waals surface area contributed by atoms with Crippen molar-refractivity contribution < 1.29 is 14.3 Å². The van der Waals surface area contributed by atoms with Gasteiger partial charge >= 0.3 is 0 Å². The third-order valence-corrected chi connectivity index (χ3v) is 8.88. The number of carbonyl (C=O) groups excluding carboxylic acids is 2. The molecule has 1 saturated heterocycles. The average Bonchev–Trinajstić information content (AvgIpc) is 3.17. The van der Waals surface area contributed by atoms with Crippen molar-refractivity contribution in [1.29, 1.82) is 0 Å². The highest BCUT2D eigenvalue weighted by Crippen LogP contribution is 2.37. The standard InChI is InChI=1S/C31H39N3O4/c1-19-18-28(38-4)25(30(36)32-19)12-13-27(35)29-21(3)34(26-11-6-5-10-24(26)29)20(2)22-14-16-33(17-15-22)31(37)23-8-7-9-23/h5-6,10-11,18,20,22-23H,7-9,12-17H2,1-4H3,(H,32,36)/t20-/m1/s1. The molecule has 1 aliphatic heterocycles. The van der Waals surface area contributed by atoms with Gasteiger partial charge in [-0.25, -0.2) is 0 Å². The van der Waals surface area contributed by atoms with Gasteiger partial charge in [0.25, 0.3) is 5.56 Å². The van der Waals surface area contributed by atoms with Gasteiger partial charge in [-0.15, -0.1) is 0 Å². The number of aromatic nitrogens is 2. The number of nitrogens with one attached hydrogen (secondary N) is 1. The van der Waals surface area contributed by atoms with E-state index >= 15 is 0 Å². The largest absolute Gasteiger partial charge is 0.496 e. The van der Waals surface area contributed by atoms with Gasteiger partial charge in [0.15, 0.2) is 5.78 Å². The molecule has 1 saturated carbocycles. The molecule has 2 aliphatic rings. The molecule has 2 fully saturated rings. The van der Waals surface area contributed by atoms with Gasteiger partial charge in [-0.1, -0.05) is 24.6 Å². The maximum atomic E-state index is 13.6. The second-order valence-corrected chi connectivity index (χ2v) is 11.1. The number of methoxy groups -OCH3 is 1. The normalized spacial score (nSPS) is 17.4. The number of H-pyrrole nitrogens is 1. The van der Waals surface area contributed by atoms with Gasteiger partial charge in [-0.05, 0) is 70.9 Å². The van der Waals surface area contributed by atoms with Gasteiger partial charge in [0.05, 0.1) is 12.7 Å². The smallest absolute Gasteiger partial charge is 0.255 e. The summed E-state index contributed by atoms with van der Waals surface area (Å²) < 4.78 is 7.76. The number of piperidine rings is 1. The van der Waals surface area contributed by atoms with E-state index in [0.717, 1.165) is 66.6 Å². The number of Topliss-reactive ketones (excluding diaryl/α,β-unsaturated/α-hetero) is 1. The van der Waals surface area contributed by atoms with E-state index in [-0.39, 0.29) is 29.7 Å². The van der Waals surface area contributed by atoms with Crippen LogP contribution in [0, 0.1) is 25.7 Å². The molecule has 5 rings (SSSR count). The first-order valence-corrected chi connectivity index (χ1v) is 14.0. The quantitative estimate of drug-likeness (QED) is 0.407. The number of ether oxygens (including phenoxy) is 1. The molecule has 7 heteroatoms. The van der Waals surface area contributed by atoms with Crippen molar-refractivity contribution in [3.63, 3.8) is 0 Å². The summed E-state index contributed by atoms with van der Waals surface area (Å²) in [4.78, 5) is 43.8. The Morgan fingerprint density at radius 3 is 2.47 bits per heavy atom. The van der Waals surface area contributed by atoms with Crippen molar-refractivity contribution >= 4 is 22.6 Å². The predicted octanol–water partition coefficient (Wildman–Crippen LogP) is 5.37. The molecule has 0 spiro atoms. The minimum absolute atomic E-state index is 0.0348. The zero-order valence-electron chi connectivity index (χ0n) is 23.0. The van der Waals surface area contributed by atoms with Crippen LogP contribution < -0.4 is 10.3 Å². The third kappa shape index (κ3) is 4.79. The summed E-state index contributed by atoms with van der Waals surface area (Å²) in [7, 11) is 1.55. The number of nitrogens with zero attached hydrogens (tertiary/aromatic N) is 2. The zero-order valence-corrected chi connectivity index (χ0v) is 23.0. The lowest BCUT2D eigenvalue weighted by molar-refractivity contribution is -0.139. The second-order valence-electron chi connectivity index (χ2n) is 11.1. The van der Waals surface area contributed by atoms with Crippen molar-refractivity contribution in [2.24, 2.45) is 11.8 Å². The number of hydrogen-bond donors (Lipinski definition) is 1. The van der Waals surface area contributed by atoms with Gasteiger partial charge in [-0.2, -0.15) is 0 Å². The number of aromatic amines is 1. The van der Waals surface area contributed by atoms with Crippen molar-refractivity contribution in [3.05, 3.63) is 63.2 Å². The molecular weight excluding hydrogens is 478 g/mol. The van der Waals surface area contributed by atoms with E-state index in [0.29, 0.717) is 29.6 Å². The van der Waals surface area contributed by atoms with Crippen LogP contribution in [0.1, 0.15) is 78.8 Å². The summed E-state index contributed by atoms with van der Waals surface area (Å²) >= 11 is 0. The molecule has 1 amide bonds. The van der Waals surface area contributed by atoms with Crippen molar-refractivity contribution in [3.8, 4) is 5.75 Å². The van der Waals surface area contributed by atoms with Gasteiger partial charge in [0.2, 0.25) is 5.91 Å². The summed E-state index contributed by atoms with van der Waals surface area (Å²) in [6, 6.07) is 10.1. The Bertz CT molecular complexity index is 1410. The molecule has 0 unspecified atom stereocenters. The Labute approximate surface area is 224 Å². The van der Waals surface area contributed by atoms with E-state index < -0.39 is 0 Å². The van der Waals surface area contributed by atoms with Crippen LogP contribution in [0.4, 0.5) is 0 Å². The lowest BCUT2D eigenvalue weighted by Gasteiger charge is -2.39. The number of para-hydroxylation sites is 1. The van der Waals surface area contributed by atoms with E-state index in [1.165, 1.54) is 6.42 Å². The minimum Gasteiger partial charge on any atom is -0.496 e. The molecule has 0 radical (unpaired) electrons. The number of likely N-dealkylation sites (tertiary alicyclic amines) is 1. The summed E-state index contributed by atoms with van der Waals surface area (Å²) in [5, 5.41) is 0.962. The van der Waals surface area contributed by atoms with Crippen molar-refractivity contribution in [2.75, 3.05) is 20.2 Å². The van der Waals surface area contributed by atoms with Crippen LogP contribution in [0.5, 0.6) is 5.75 Å². The summed E-state index contributed by atoms with van der Waals surface area (Å²) in [5.74, 6) is 1.60. The Morgan fingerprint density at radius 1 is 1.11 bits per heavy atom. The molecule has 1 aliphatic carbocycles. The maximum absolute atomic E-state index is 13.6. The Morgan fingerprint density at radius 2 is 1.82 bits per heavy atom. The van der Waals surface area contributed by atoms with Gasteiger partial charge in [0.1, 0.15) is 5.75 Å². The number of rotatable bonds is 8. The first kappa shape index (κ1) is 26.3. The molecule has 202 valence electrons. The lowest BCUT2D eigenvalue weighted by Crippen LogP contribution is -2.44. The summed E-state index contributed by atoms with van der Waals surface area (Å²) in [6.45, 7) is 7.74. The van der Waals surface area contributed by atoms with Crippen molar-refractivity contribution in [1.82, 2.24) is 14.5 Å². The van der Waals surface area contributed by atoms with Crippen LogP contribution in [0.15, 0.2) is 35.1 Å². The Kier molecular flexibility index (Phi) is 7.46. The number of fused-ring (bicyclic) bond motifs is 1. The number of ketones is 1. The van der Waals surface area contributed by atoms with Crippen LogP contribution in [0.25, 0.3) is 10.9 Å². The fourth-order valence-electron chi connectivity index (χ4n) is 6.46. The highest BCUT2D eigenvalue weighted by molar-refractivity contribution is 6.09. The number of carbonyl (C=O) groups is 2. The number of benzene rings is 1. The minimum atomic E-state index is -0.204. The topological polar surface area (TPSA) is 84.4 Å². The van der Waals surface area contributed by atoms with Gasteiger partial charge < -0.3 is 19.2 Å². The van der Waals surface area contributed by atoms with E-state index in [1.54, 1.807) is 13.2 Å². The van der Waals surface area contributed by atoms with Crippen molar-refractivity contribution in [2.45, 2.75) is 71.8 Å². The molecular formula is C31H39N3O4. The fourth-order valence-corrected chi connectivity index (χ4v) is 6.46. The molecule has 1 aromatic carbocycles. The zero-order chi connectivity index (χ0) is 27.0. The molecule has 3 heterocycles.